The standard InChI is InChI=1S/C21H27N5O3/c1-27-19-8-5-16(20(9-19)28-2)13-25-21(10-15-3-6-17(21)7-4-15)29-24-26(25)18-11-22-14-23-12-18/h5,8-9,11-12,14-15,17,24H,3-4,6-7,10,13H2,1-2H3/t15?,17?,21-/m0/s1. The summed E-state index contributed by atoms with van der Waals surface area (Å²) in [6.45, 7) is 0.637. The zero-order chi connectivity index (χ0) is 19.8. The Hall–Kier alpha value is -2.42. The average Bonchev–Trinajstić information content (AvgIpc) is 3.12. The number of benzene rings is 1. The van der Waals surface area contributed by atoms with E-state index in [9.17, 15) is 0 Å². The van der Waals surface area contributed by atoms with Crippen molar-refractivity contribution in [3.8, 4) is 11.5 Å². The fourth-order valence-corrected chi connectivity index (χ4v) is 5.17. The molecule has 3 aliphatic carbocycles. The molecule has 2 bridgehead atoms. The number of nitrogens with one attached hydrogen (secondary N) is 1. The Balaban J connectivity index is 1.53. The van der Waals surface area contributed by atoms with E-state index in [4.69, 9.17) is 14.3 Å². The highest BCUT2D eigenvalue weighted by atomic mass is 16.8. The van der Waals surface area contributed by atoms with Crippen molar-refractivity contribution < 1.29 is 14.3 Å². The van der Waals surface area contributed by atoms with Gasteiger partial charge in [0.15, 0.2) is 5.72 Å². The molecule has 2 aromatic rings. The number of ether oxygens (including phenoxy) is 2. The summed E-state index contributed by atoms with van der Waals surface area (Å²) >= 11 is 0. The van der Waals surface area contributed by atoms with E-state index in [0.717, 1.165) is 29.2 Å². The SMILES string of the molecule is COc1ccc(CN2N(c3cncnc3)NO[C@]23CC2CCC3CC2)c(OC)c1. The van der Waals surface area contributed by atoms with Crippen LogP contribution in [0.25, 0.3) is 0 Å². The maximum atomic E-state index is 6.37. The molecule has 6 rings (SSSR count). The van der Waals surface area contributed by atoms with Gasteiger partial charge in [0.05, 0.1) is 33.2 Å². The Morgan fingerprint density at radius 3 is 2.59 bits per heavy atom. The van der Waals surface area contributed by atoms with Gasteiger partial charge < -0.3 is 9.47 Å². The molecule has 1 spiro atoms. The van der Waals surface area contributed by atoms with Gasteiger partial charge in [-0.25, -0.2) is 15.1 Å². The van der Waals surface area contributed by atoms with Gasteiger partial charge in [0.2, 0.25) is 0 Å². The van der Waals surface area contributed by atoms with Crippen molar-refractivity contribution in [2.24, 2.45) is 11.8 Å². The number of anilines is 1. The van der Waals surface area contributed by atoms with Crippen LogP contribution in [0.4, 0.5) is 5.69 Å². The molecule has 1 N–H and O–H groups in total. The van der Waals surface area contributed by atoms with Gasteiger partial charge in [0.25, 0.3) is 0 Å². The van der Waals surface area contributed by atoms with Crippen LogP contribution < -0.4 is 20.2 Å². The Morgan fingerprint density at radius 2 is 1.93 bits per heavy atom. The molecule has 4 aliphatic rings. The second-order valence-corrected chi connectivity index (χ2v) is 8.10. The summed E-state index contributed by atoms with van der Waals surface area (Å²) in [6.07, 6.45) is 11.1. The van der Waals surface area contributed by atoms with Gasteiger partial charge in [0, 0.05) is 17.5 Å². The molecule has 8 heteroatoms. The van der Waals surface area contributed by atoms with Crippen LogP contribution in [-0.2, 0) is 11.4 Å². The predicted molar refractivity (Wildman–Crippen MR) is 107 cm³/mol. The maximum absolute atomic E-state index is 6.37. The van der Waals surface area contributed by atoms with E-state index in [1.807, 2.05) is 17.3 Å². The highest BCUT2D eigenvalue weighted by molar-refractivity contribution is 5.43. The fourth-order valence-electron chi connectivity index (χ4n) is 5.17. The van der Waals surface area contributed by atoms with Crippen LogP contribution in [0.3, 0.4) is 0 Å². The Morgan fingerprint density at radius 1 is 1.14 bits per heavy atom. The third-order valence-electron chi connectivity index (χ3n) is 6.66. The van der Waals surface area contributed by atoms with Crippen molar-refractivity contribution in [2.75, 3.05) is 19.3 Å². The summed E-state index contributed by atoms with van der Waals surface area (Å²) in [7, 11) is 3.36. The first kappa shape index (κ1) is 18.6. The molecule has 4 fully saturated rings. The summed E-state index contributed by atoms with van der Waals surface area (Å²) < 4.78 is 11.0. The monoisotopic (exact) mass is 397 g/mol. The molecule has 0 amide bonds. The van der Waals surface area contributed by atoms with Crippen LogP contribution in [-0.4, -0.2) is 34.9 Å². The topological polar surface area (TPSA) is 72.0 Å². The molecule has 1 aromatic carbocycles. The Labute approximate surface area is 170 Å². The average molecular weight is 397 g/mol. The van der Waals surface area contributed by atoms with E-state index in [2.05, 4.69) is 26.6 Å². The highest BCUT2D eigenvalue weighted by Gasteiger charge is 2.58. The molecule has 8 nitrogen and oxygen atoms in total. The lowest BCUT2D eigenvalue weighted by Crippen LogP contribution is -2.59. The lowest BCUT2D eigenvalue weighted by molar-refractivity contribution is -0.201. The quantitative estimate of drug-likeness (QED) is 0.825. The summed E-state index contributed by atoms with van der Waals surface area (Å²) in [4.78, 5) is 14.8. The number of hydrogen-bond acceptors (Lipinski definition) is 8. The van der Waals surface area contributed by atoms with Crippen LogP contribution in [0.2, 0.25) is 0 Å². The van der Waals surface area contributed by atoms with E-state index in [1.54, 1.807) is 26.6 Å². The molecule has 3 saturated carbocycles. The maximum Gasteiger partial charge on any atom is 0.166 e. The van der Waals surface area contributed by atoms with Crippen LogP contribution in [0, 0.1) is 11.8 Å². The molecule has 154 valence electrons. The number of fused-ring (bicyclic) bond motifs is 2. The lowest BCUT2D eigenvalue weighted by atomic mass is 9.65. The van der Waals surface area contributed by atoms with Crippen LogP contribution in [0.1, 0.15) is 37.7 Å². The smallest absolute Gasteiger partial charge is 0.166 e. The van der Waals surface area contributed by atoms with E-state index in [1.165, 1.54) is 32.0 Å². The number of rotatable bonds is 5. The third kappa shape index (κ3) is 3.11. The van der Waals surface area contributed by atoms with Gasteiger partial charge in [-0.05, 0) is 44.1 Å². The second-order valence-electron chi connectivity index (χ2n) is 8.10. The third-order valence-corrected chi connectivity index (χ3v) is 6.66. The highest BCUT2D eigenvalue weighted by Crippen LogP contribution is 2.53. The minimum absolute atomic E-state index is 0.373. The molecular formula is C21H27N5O3. The molecule has 0 unspecified atom stereocenters. The van der Waals surface area contributed by atoms with Crippen molar-refractivity contribution in [3.63, 3.8) is 0 Å². The van der Waals surface area contributed by atoms with E-state index < -0.39 is 0 Å². The summed E-state index contributed by atoms with van der Waals surface area (Å²) in [6, 6.07) is 5.96. The van der Waals surface area contributed by atoms with Gasteiger partial charge in [-0.2, -0.15) is 5.01 Å². The first-order valence-corrected chi connectivity index (χ1v) is 10.2. The van der Waals surface area contributed by atoms with E-state index in [0.29, 0.717) is 18.4 Å². The van der Waals surface area contributed by atoms with Gasteiger partial charge in [-0.1, -0.05) is 11.7 Å². The van der Waals surface area contributed by atoms with Crippen molar-refractivity contribution in [1.29, 1.82) is 0 Å². The van der Waals surface area contributed by atoms with Crippen molar-refractivity contribution in [2.45, 2.75) is 44.4 Å². The first-order valence-electron chi connectivity index (χ1n) is 10.2. The number of aromatic nitrogens is 2. The summed E-state index contributed by atoms with van der Waals surface area (Å²) in [5, 5.41) is 4.25. The molecule has 1 aliphatic heterocycles. The van der Waals surface area contributed by atoms with Crippen LogP contribution in [0.15, 0.2) is 36.9 Å². The number of methoxy groups -OCH3 is 2. The molecule has 1 aromatic heterocycles. The molecule has 1 atom stereocenters. The van der Waals surface area contributed by atoms with Crippen molar-refractivity contribution in [1.82, 2.24) is 20.6 Å². The normalized spacial score (nSPS) is 28.8. The van der Waals surface area contributed by atoms with E-state index >= 15 is 0 Å². The fraction of sp³-hybridized carbons (Fsp3) is 0.524. The second kappa shape index (κ2) is 7.44. The molecular weight excluding hydrogens is 370 g/mol. The van der Waals surface area contributed by atoms with Crippen LogP contribution >= 0.6 is 0 Å². The Bertz CT molecular complexity index is 859. The number of hydrogen-bond donors (Lipinski definition) is 1. The van der Waals surface area contributed by atoms with Gasteiger partial charge in [0.1, 0.15) is 23.5 Å². The molecule has 1 saturated heterocycles. The lowest BCUT2D eigenvalue weighted by Gasteiger charge is -2.51. The number of hydrazine groups is 2. The zero-order valence-corrected chi connectivity index (χ0v) is 16.9. The van der Waals surface area contributed by atoms with Gasteiger partial charge in [-0.3, -0.25) is 4.84 Å². The predicted octanol–water partition coefficient (Wildman–Crippen LogP) is 3.07. The van der Waals surface area contributed by atoms with Gasteiger partial charge in [-0.15, -0.1) is 0 Å². The molecule has 0 radical (unpaired) electrons. The van der Waals surface area contributed by atoms with Crippen molar-refractivity contribution in [3.05, 3.63) is 42.5 Å². The Kier molecular flexibility index (Phi) is 4.77. The largest absolute Gasteiger partial charge is 0.497 e. The van der Waals surface area contributed by atoms with E-state index in [-0.39, 0.29) is 5.72 Å². The first-order chi connectivity index (χ1) is 14.2. The van der Waals surface area contributed by atoms with Crippen molar-refractivity contribution >= 4 is 5.69 Å². The molecule has 29 heavy (non-hydrogen) atoms. The zero-order valence-electron chi connectivity index (χ0n) is 16.9. The summed E-state index contributed by atoms with van der Waals surface area (Å²) in [5.74, 6) is 2.77. The summed E-state index contributed by atoms with van der Waals surface area (Å²) in [5.41, 5.74) is 4.71. The number of nitrogens with zero attached hydrogens (tertiary/aromatic N) is 4. The van der Waals surface area contributed by atoms with Crippen LogP contribution in [0.5, 0.6) is 11.5 Å². The molecule has 2 heterocycles. The minimum Gasteiger partial charge on any atom is -0.497 e. The van der Waals surface area contributed by atoms with Gasteiger partial charge >= 0.3 is 0 Å². The minimum atomic E-state index is -0.373.